The standard InChI is InChI=1S/C26H20ClFN4O3/c1-15-22(25-30-24(31-35-25)16-6-8-19(28)9-7-16)23(17-4-3-5-18(27)14-17)29-26(33)32(15)20-10-12-21(34-2)13-11-20/h3-14,23H,1-2H3,(H,29,33). The molecule has 1 N–H and O–H groups in total. The highest BCUT2D eigenvalue weighted by molar-refractivity contribution is 6.30. The van der Waals surface area contributed by atoms with E-state index in [0.717, 1.165) is 5.56 Å². The molecule has 1 aliphatic rings. The molecule has 0 saturated carbocycles. The summed E-state index contributed by atoms with van der Waals surface area (Å²) in [6.07, 6.45) is 0. The molecular weight excluding hydrogens is 471 g/mol. The number of amides is 2. The average molecular weight is 491 g/mol. The van der Waals surface area contributed by atoms with Gasteiger partial charge in [-0.15, -0.1) is 0 Å². The van der Waals surface area contributed by atoms with Gasteiger partial charge in [0, 0.05) is 16.3 Å². The number of carbonyl (C=O) groups excluding carboxylic acids is 1. The van der Waals surface area contributed by atoms with Crippen LogP contribution in [0.3, 0.4) is 0 Å². The first kappa shape index (κ1) is 22.6. The van der Waals surface area contributed by atoms with Gasteiger partial charge in [0.15, 0.2) is 0 Å². The van der Waals surface area contributed by atoms with E-state index in [1.807, 2.05) is 19.1 Å². The molecule has 2 heterocycles. The SMILES string of the molecule is COc1ccc(N2C(=O)NC(c3cccc(Cl)c3)C(c3nc(-c4ccc(F)cc4)no3)=C2C)cc1. The maximum atomic E-state index is 13.4. The van der Waals surface area contributed by atoms with Gasteiger partial charge in [-0.3, -0.25) is 4.90 Å². The predicted molar refractivity (Wildman–Crippen MR) is 130 cm³/mol. The van der Waals surface area contributed by atoms with E-state index < -0.39 is 6.04 Å². The largest absolute Gasteiger partial charge is 0.497 e. The Bertz CT molecular complexity index is 1420. The van der Waals surface area contributed by atoms with Gasteiger partial charge >= 0.3 is 6.03 Å². The molecule has 4 aromatic rings. The maximum absolute atomic E-state index is 13.4. The van der Waals surface area contributed by atoms with Gasteiger partial charge in [0.05, 0.1) is 24.4 Å². The molecular formula is C26H20ClFN4O3. The van der Waals surface area contributed by atoms with Crippen molar-refractivity contribution in [2.24, 2.45) is 0 Å². The number of allylic oxidation sites excluding steroid dienone is 1. The second-order valence-electron chi connectivity index (χ2n) is 7.90. The highest BCUT2D eigenvalue weighted by atomic mass is 35.5. The lowest BCUT2D eigenvalue weighted by molar-refractivity contribution is 0.244. The van der Waals surface area contributed by atoms with Crippen LogP contribution in [-0.2, 0) is 0 Å². The zero-order chi connectivity index (χ0) is 24.5. The number of nitrogens with one attached hydrogen (secondary N) is 1. The number of anilines is 1. The van der Waals surface area contributed by atoms with Crippen LogP contribution >= 0.6 is 11.6 Å². The van der Waals surface area contributed by atoms with Gasteiger partial charge in [-0.25, -0.2) is 9.18 Å². The zero-order valence-corrected chi connectivity index (χ0v) is 19.6. The third kappa shape index (κ3) is 4.36. The lowest BCUT2D eigenvalue weighted by Crippen LogP contribution is -2.46. The van der Waals surface area contributed by atoms with Gasteiger partial charge in [-0.2, -0.15) is 4.98 Å². The van der Waals surface area contributed by atoms with Gasteiger partial charge in [-0.1, -0.05) is 28.9 Å². The second kappa shape index (κ2) is 9.23. The number of hydrogen-bond acceptors (Lipinski definition) is 5. The molecule has 176 valence electrons. The van der Waals surface area contributed by atoms with Crippen molar-refractivity contribution in [2.45, 2.75) is 13.0 Å². The molecule has 0 fully saturated rings. The summed E-state index contributed by atoms with van der Waals surface area (Å²) >= 11 is 6.25. The minimum atomic E-state index is -0.586. The number of carbonyl (C=O) groups is 1. The van der Waals surface area contributed by atoms with Gasteiger partial charge in [0.25, 0.3) is 5.89 Å². The van der Waals surface area contributed by atoms with Crippen LogP contribution in [0.4, 0.5) is 14.9 Å². The number of urea groups is 1. The van der Waals surface area contributed by atoms with Crippen molar-refractivity contribution in [1.29, 1.82) is 0 Å². The Hall–Kier alpha value is -4.17. The molecule has 1 aliphatic heterocycles. The van der Waals surface area contributed by atoms with Crippen LogP contribution in [0.5, 0.6) is 5.75 Å². The Morgan fingerprint density at radius 1 is 1.09 bits per heavy atom. The van der Waals surface area contributed by atoms with Gasteiger partial charge in [0.2, 0.25) is 5.82 Å². The van der Waals surface area contributed by atoms with Crippen LogP contribution in [0, 0.1) is 5.82 Å². The van der Waals surface area contributed by atoms with Gasteiger partial charge < -0.3 is 14.6 Å². The fourth-order valence-electron chi connectivity index (χ4n) is 4.05. The fraction of sp³-hybridized carbons (Fsp3) is 0.115. The van der Waals surface area contributed by atoms with E-state index in [4.69, 9.17) is 20.9 Å². The van der Waals surface area contributed by atoms with Gasteiger partial charge in [-0.05, 0) is 73.2 Å². The summed E-state index contributed by atoms with van der Waals surface area (Å²) in [6.45, 7) is 1.82. The van der Waals surface area contributed by atoms with Crippen molar-refractivity contribution in [3.63, 3.8) is 0 Å². The minimum Gasteiger partial charge on any atom is -0.497 e. The van der Waals surface area contributed by atoms with E-state index in [2.05, 4.69) is 15.5 Å². The van der Waals surface area contributed by atoms with Gasteiger partial charge in [0.1, 0.15) is 11.6 Å². The molecule has 35 heavy (non-hydrogen) atoms. The van der Waals surface area contributed by atoms with Crippen molar-refractivity contribution in [2.75, 3.05) is 12.0 Å². The number of benzene rings is 3. The summed E-state index contributed by atoms with van der Waals surface area (Å²) < 4.78 is 24.3. The van der Waals surface area contributed by atoms with E-state index in [0.29, 0.717) is 39.1 Å². The number of hydrogen-bond donors (Lipinski definition) is 1. The number of nitrogens with zero attached hydrogens (tertiary/aromatic N) is 3. The normalized spacial score (nSPS) is 15.8. The molecule has 1 aromatic heterocycles. The van der Waals surface area contributed by atoms with Crippen molar-refractivity contribution >= 4 is 28.9 Å². The number of aromatic nitrogens is 2. The van der Waals surface area contributed by atoms with E-state index >= 15 is 0 Å². The lowest BCUT2D eigenvalue weighted by atomic mass is 9.94. The van der Waals surface area contributed by atoms with E-state index in [-0.39, 0.29) is 17.7 Å². The molecule has 9 heteroatoms. The quantitative estimate of drug-likeness (QED) is 0.358. The number of rotatable bonds is 5. The molecule has 1 atom stereocenters. The first-order valence-corrected chi connectivity index (χ1v) is 11.1. The highest BCUT2D eigenvalue weighted by Crippen LogP contribution is 2.39. The Balaban J connectivity index is 1.64. The van der Waals surface area contributed by atoms with Crippen molar-refractivity contribution < 1.29 is 18.4 Å². The van der Waals surface area contributed by atoms with Crippen molar-refractivity contribution in [3.05, 3.63) is 101 Å². The van der Waals surface area contributed by atoms with Crippen molar-refractivity contribution in [3.8, 4) is 17.1 Å². The van der Waals surface area contributed by atoms with E-state index in [1.54, 1.807) is 55.6 Å². The summed E-state index contributed by atoms with van der Waals surface area (Å²) in [5, 5.41) is 7.66. The van der Waals surface area contributed by atoms with Crippen LogP contribution in [0.1, 0.15) is 24.4 Å². The molecule has 0 spiro atoms. The molecule has 0 saturated heterocycles. The molecule has 5 rings (SSSR count). The van der Waals surface area contributed by atoms with Crippen LogP contribution in [0.2, 0.25) is 5.02 Å². The van der Waals surface area contributed by atoms with E-state index in [9.17, 15) is 9.18 Å². The summed E-state index contributed by atoms with van der Waals surface area (Å²) in [6, 6.07) is 19.2. The monoisotopic (exact) mass is 490 g/mol. The third-order valence-electron chi connectivity index (χ3n) is 5.76. The van der Waals surface area contributed by atoms with Crippen LogP contribution in [0.25, 0.3) is 17.0 Å². The average Bonchev–Trinajstić information content (AvgIpc) is 3.34. The Morgan fingerprint density at radius 3 is 2.51 bits per heavy atom. The Morgan fingerprint density at radius 2 is 1.83 bits per heavy atom. The summed E-state index contributed by atoms with van der Waals surface area (Å²) in [5.74, 6) is 0.844. The fourth-order valence-corrected chi connectivity index (χ4v) is 4.25. The number of ether oxygens (including phenoxy) is 1. The number of halogens is 2. The lowest BCUT2D eigenvalue weighted by Gasteiger charge is -2.35. The summed E-state index contributed by atoms with van der Waals surface area (Å²) in [7, 11) is 1.58. The van der Waals surface area contributed by atoms with Crippen LogP contribution < -0.4 is 15.0 Å². The first-order chi connectivity index (χ1) is 16.9. The molecule has 1 unspecified atom stereocenters. The molecule has 3 aromatic carbocycles. The minimum absolute atomic E-state index is 0.227. The van der Waals surface area contributed by atoms with E-state index in [1.165, 1.54) is 17.0 Å². The molecule has 0 radical (unpaired) electrons. The predicted octanol–water partition coefficient (Wildman–Crippen LogP) is 6.24. The second-order valence-corrected chi connectivity index (χ2v) is 8.34. The topological polar surface area (TPSA) is 80.5 Å². The highest BCUT2D eigenvalue weighted by Gasteiger charge is 2.36. The third-order valence-corrected chi connectivity index (χ3v) is 5.99. The molecule has 2 amide bonds. The molecule has 0 bridgehead atoms. The smallest absolute Gasteiger partial charge is 0.326 e. The first-order valence-electron chi connectivity index (χ1n) is 10.8. The Kier molecular flexibility index (Phi) is 5.96. The molecule has 0 aliphatic carbocycles. The zero-order valence-electron chi connectivity index (χ0n) is 18.8. The Labute approximate surface area is 205 Å². The summed E-state index contributed by atoms with van der Waals surface area (Å²) in [4.78, 5) is 19.4. The van der Waals surface area contributed by atoms with Crippen molar-refractivity contribution in [1.82, 2.24) is 15.5 Å². The maximum Gasteiger partial charge on any atom is 0.326 e. The van der Waals surface area contributed by atoms with Crippen LogP contribution in [0.15, 0.2) is 83.0 Å². The number of methoxy groups -OCH3 is 1. The van der Waals surface area contributed by atoms with Crippen LogP contribution in [-0.4, -0.2) is 23.3 Å². The summed E-state index contributed by atoms with van der Waals surface area (Å²) in [5.41, 5.74) is 3.23. The molecule has 7 nitrogen and oxygen atoms in total.